The summed E-state index contributed by atoms with van der Waals surface area (Å²) in [6, 6.07) is 8.09. The summed E-state index contributed by atoms with van der Waals surface area (Å²) in [4.78, 5) is 18.5. The lowest BCUT2D eigenvalue weighted by Gasteiger charge is -2.26. The van der Waals surface area contributed by atoms with Gasteiger partial charge in [-0.25, -0.2) is 13.6 Å². The number of nitrogens with one attached hydrogen (secondary N) is 1. The van der Waals surface area contributed by atoms with E-state index in [1.54, 1.807) is 11.1 Å². The molecule has 1 fully saturated rings. The largest absolute Gasteiger partial charge is 0.331 e. The van der Waals surface area contributed by atoms with Crippen molar-refractivity contribution in [1.29, 1.82) is 0 Å². The number of aromatic nitrogens is 1. The number of amides is 2. The van der Waals surface area contributed by atoms with Crippen molar-refractivity contribution in [1.82, 2.24) is 15.2 Å². The molecule has 0 saturated heterocycles. The first kappa shape index (κ1) is 17.3. The Morgan fingerprint density at radius 3 is 2.76 bits per heavy atom. The Labute approximate surface area is 145 Å². The van der Waals surface area contributed by atoms with Gasteiger partial charge in [0.05, 0.1) is 18.3 Å². The van der Waals surface area contributed by atoms with E-state index in [9.17, 15) is 13.6 Å². The molecular weight excluding hydrogens is 324 g/mol. The summed E-state index contributed by atoms with van der Waals surface area (Å²) in [7, 11) is 0. The minimum Gasteiger partial charge on any atom is -0.331 e. The van der Waals surface area contributed by atoms with E-state index < -0.39 is 17.7 Å². The number of rotatable bonds is 6. The van der Waals surface area contributed by atoms with Gasteiger partial charge in [0.1, 0.15) is 11.6 Å². The first-order chi connectivity index (χ1) is 12.1. The van der Waals surface area contributed by atoms with E-state index in [2.05, 4.69) is 10.3 Å². The Balaban J connectivity index is 1.75. The normalized spacial score (nSPS) is 14.8. The van der Waals surface area contributed by atoms with Gasteiger partial charge in [0.2, 0.25) is 0 Å². The van der Waals surface area contributed by atoms with E-state index in [0.29, 0.717) is 13.1 Å². The molecule has 1 heterocycles. The lowest BCUT2D eigenvalue weighted by molar-refractivity contribution is 0.191. The molecule has 1 atom stereocenters. The van der Waals surface area contributed by atoms with Gasteiger partial charge in [0.25, 0.3) is 0 Å². The zero-order valence-electron chi connectivity index (χ0n) is 14.1. The summed E-state index contributed by atoms with van der Waals surface area (Å²) in [5, 5.41) is 2.89. The smallest absolute Gasteiger partial charge is 0.318 e. The van der Waals surface area contributed by atoms with Crippen molar-refractivity contribution in [2.75, 3.05) is 6.54 Å². The zero-order chi connectivity index (χ0) is 17.8. The lowest BCUT2D eigenvalue weighted by atomic mass is 10.0. The van der Waals surface area contributed by atoms with Crippen LogP contribution in [0.3, 0.4) is 0 Å². The SMILES string of the molecule is CCN(Cc1ccccn1)C(=O)N[C@@H](c1cc(F)ccc1F)C1CC1. The van der Waals surface area contributed by atoms with Gasteiger partial charge in [-0.2, -0.15) is 0 Å². The van der Waals surface area contributed by atoms with E-state index in [1.807, 2.05) is 25.1 Å². The van der Waals surface area contributed by atoms with Gasteiger partial charge in [-0.3, -0.25) is 4.98 Å². The first-order valence-corrected chi connectivity index (χ1v) is 8.48. The van der Waals surface area contributed by atoms with Gasteiger partial charge >= 0.3 is 6.03 Å². The second kappa shape index (κ2) is 7.59. The van der Waals surface area contributed by atoms with Crippen molar-refractivity contribution in [3.63, 3.8) is 0 Å². The molecule has 1 N–H and O–H groups in total. The fourth-order valence-corrected chi connectivity index (χ4v) is 2.87. The van der Waals surface area contributed by atoms with Crippen molar-refractivity contribution in [3.8, 4) is 0 Å². The maximum absolute atomic E-state index is 14.1. The summed E-state index contributed by atoms with van der Waals surface area (Å²) in [6.45, 7) is 2.73. The third-order valence-electron chi connectivity index (χ3n) is 4.41. The van der Waals surface area contributed by atoms with E-state index in [4.69, 9.17) is 0 Å². The van der Waals surface area contributed by atoms with Crippen molar-refractivity contribution in [3.05, 3.63) is 65.5 Å². The second-order valence-corrected chi connectivity index (χ2v) is 6.27. The van der Waals surface area contributed by atoms with E-state index in [-0.39, 0.29) is 17.5 Å². The number of benzene rings is 1. The summed E-state index contributed by atoms with van der Waals surface area (Å²) < 4.78 is 27.7. The molecule has 0 aliphatic heterocycles. The lowest BCUT2D eigenvalue weighted by Crippen LogP contribution is -2.42. The predicted molar refractivity (Wildman–Crippen MR) is 90.7 cm³/mol. The monoisotopic (exact) mass is 345 g/mol. The van der Waals surface area contributed by atoms with Crippen LogP contribution in [0.15, 0.2) is 42.6 Å². The van der Waals surface area contributed by atoms with Crippen molar-refractivity contribution < 1.29 is 13.6 Å². The molecule has 2 aromatic rings. The number of pyridine rings is 1. The molecule has 1 aliphatic rings. The Hall–Kier alpha value is -2.50. The topological polar surface area (TPSA) is 45.2 Å². The molecule has 0 bridgehead atoms. The van der Waals surface area contributed by atoms with E-state index >= 15 is 0 Å². The van der Waals surface area contributed by atoms with Gasteiger partial charge in [0.15, 0.2) is 0 Å². The van der Waals surface area contributed by atoms with Crippen LogP contribution in [0.2, 0.25) is 0 Å². The maximum Gasteiger partial charge on any atom is 0.318 e. The Morgan fingerprint density at radius 2 is 2.12 bits per heavy atom. The van der Waals surface area contributed by atoms with Crippen LogP contribution in [0.25, 0.3) is 0 Å². The number of carbonyl (C=O) groups excluding carboxylic acids is 1. The highest BCUT2D eigenvalue weighted by Gasteiger charge is 2.36. The van der Waals surface area contributed by atoms with Crippen molar-refractivity contribution in [2.24, 2.45) is 5.92 Å². The fourth-order valence-electron chi connectivity index (χ4n) is 2.87. The van der Waals surface area contributed by atoms with Gasteiger partial charge in [-0.05, 0) is 56.0 Å². The Kier molecular flexibility index (Phi) is 5.26. The highest BCUT2D eigenvalue weighted by molar-refractivity contribution is 5.74. The molecule has 3 rings (SSSR count). The van der Waals surface area contributed by atoms with Gasteiger partial charge in [-0.15, -0.1) is 0 Å². The van der Waals surface area contributed by atoms with Crippen LogP contribution >= 0.6 is 0 Å². The van der Waals surface area contributed by atoms with Crippen LogP contribution < -0.4 is 5.32 Å². The van der Waals surface area contributed by atoms with Crippen LogP contribution in [0.4, 0.5) is 13.6 Å². The number of hydrogen-bond donors (Lipinski definition) is 1. The quantitative estimate of drug-likeness (QED) is 0.859. The number of hydrogen-bond acceptors (Lipinski definition) is 2. The van der Waals surface area contributed by atoms with Crippen LogP contribution in [0.1, 0.15) is 37.1 Å². The van der Waals surface area contributed by atoms with E-state index in [1.165, 1.54) is 6.07 Å². The average molecular weight is 345 g/mol. The summed E-state index contributed by atoms with van der Waals surface area (Å²) >= 11 is 0. The third kappa shape index (κ3) is 4.32. The summed E-state index contributed by atoms with van der Waals surface area (Å²) in [6.07, 6.45) is 3.47. The molecule has 25 heavy (non-hydrogen) atoms. The molecule has 1 saturated carbocycles. The molecule has 132 valence electrons. The molecule has 4 nitrogen and oxygen atoms in total. The fraction of sp³-hybridized carbons (Fsp3) is 0.368. The van der Waals surface area contributed by atoms with Crippen LogP contribution in [0.5, 0.6) is 0 Å². The van der Waals surface area contributed by atoms with Crippen LogP contribution in [0, 0.1) is 17.6 Å². The van der Waals surface area contributed by atoms with Crippen molar-refractivity contribution in [2.45, 2.75) is 32.4 Å². The van der Waals surface area contributed by atoms with Crippen molar-refractivity contribution >= 4 is 6.03 Å². The average Bonchev–Trinajstić information content (AvgIpc) is 3.45. The predicted octanol–water partition coefficient (Wildman–Crippen LogP) is 4.04. The third-order valence-corrected chi connectivity index (χ3v) is 4.41. The second-order valence-electron chi connectivity index (χ2n) is 6.27. The van der Waals surface area contributed by atoms with E-state index in [0.717, 1.165) is 30.7 Å². The highest BCUT2D eigenvalue weighted by Crippen LogP contribution is 2.42. The number of nitrogens with zero attached hydrogens (tertiary/aromatic N) is 2. The molecule has 1 aromatic heterocycles. The minimum absolute atomic E-state index is 0.147. The van der Waals surface area contributed by atoms with Gasteiger partial charge in [-0.1, -0.05) is 6.07 Å². The zero-order valence-corrected chi connectivity index (χ0v) is 14.1. The molecule has 0 spiro atoms. The summed E-state index contributed by atoms with van der Waals surface area (Å²) in [5.41, 5.74) is 0.990. The number of urea groups is 1. The molecule has 0 unspecified atom stereocenters. The number of halogens is 2. The number of carbonyl (C=O) groups is 1. The van der Waals surface area contributed by atoms with Crippen LogP contribution in [-0.4, -0.2) is 22.5 Å². The van der Waals surface area contributed by atoms with Gasteiger partial charge in [0, 0.05) is 18.3 Å². The molecule has 2 amide bonds. The molecule has 1 aromatic carbocycles. The van der Waals surface area contributed by atoms with Crippen LogP contribution in [-0.2, 0) is 6.54 Å². The molecule has 0 radical (unpaired) electrons. The summed E-state index contributed by atoms with van der Waals surface area (Å²) in [5.74, 6) is -0.850. The minimum atomic E-state index is -0.513. The highest BCUT2D eigenvalue weighted by atomic mass is 19.1. The maximum atomic E-state index is 14.1. The standard InChI is InChI=1S/C19H21F2N3O/c1-2-24(12-15-5-3-4-10-22-15)19(25)23-18(13-6-7-13)16-11-14(20)8-9-17(16)21/h3-5,8-11,13,18H,2,6-7,12H2,1H3,(H,23,25)/t18-/m1/s1. The molecule has 6 heteroatoms. The first-order valence-electron chi connectivity index (χ1n) is 8.48. The molecular formula is C19H21F2N3O. The molecule has 1 aliphatic carbocycles. The Bertz CT molecular complexity index is 735. The Morgan fingerprint density at radius 1 is 1.32 bits per heavy atom. The van der Waals surface area contributed by atoms with Gasteiger partial charge < -0.3 is 10.2 Å².